The smallest absolute Gasteiger partial charge is 0.240 e. The fourth-order valence-electron chi connectivity index (χ4n) is 0.371. The van der Waals surface area contributed by atoms with Crippen molar-refractivity contribution in [2.24, 2.45) is 0 Å². The first-order valence-corrected chi connectivity index (χ1v) is 2.72. The summed E-state index contributed by atoms with van der Waals surface area (Å²) in [4.78, 5) is 9.49. The summed E-state index contributed by atoms with van der Waals surface area (Å²) in [6.07, 6.45) is -1.24. The van der Waals surface area contributed by atoms with Crippen molar-refractivity contribution < 1.29 is 27.5 Å². The van der Waals surface area contributed by atoms with Crippen LogP contribution in [-0.2, 0) is 9.90 Å². The molecule has 0 aromatic carbocycles. The molecule has 0 aliphatic heterocycles. The van der Waals surface area contributed by atoms with Gasteiger partial charge < -0.3 is 0 Å². The Morgan fingerprint density at radius 3 is 1.73 bits per heavy atom. The van der Waals surface area contributed by atoms with E-state index in [2.05, 4.69) is 0 Å². The Bertz CT molecular complexity index is 166. The lowest BCUT2D eigenvalue weighted by molar-refractivity contribution is -0.229. The van der Waals surface area contributed by atoms with Crippen LogP contribution in [0.15, 0.2) is 0 Å². The van der Waals surface area contributed by atoms with E-state index in [0.29, 0.717) is 0 Å². The second-order valence-electron chi connectivity index (χ2n) is 1.92. The minimum Gasteiger partial charge on any atom is -0.240 e. The molecule has 0 unspecified atom stereocenters. The molecule has 0 aliphatic carbocycles. The first kappa shape index (κ1) is 10.2. The standard InChI is InChI=1S/C5H5F4O2/c1-2-4(6,7)5(8,9)3(10)11/h2H2,1H3. The Kier molecular flexibility index (Phi) is 2.47. The van der Waals surface area contributed by atoms with E-state index < -0.39 is 24.2 Å². The van der Waals surface area contributed by atoms with E-state index in [-0.39, 0.29) is 0 Å². The molecule has 0 rings (SSSR count). The van der Waals surface area contributed by atoms with Gasteiger partial charge in [0, 0.05) is 6.42 Å². The van der Waals surface area contributed by atoms with E-state index in [0.717, 1.165) is 6.92 Å². The molecule has 0 fully saturated rings. The van der Waals surface area contributed by atoms with E-state index in [9.17, 15) is 27.5 Å². The highest BCUT2D eigenvalue weighted by Crippen LogP contribution is 2.36. The van der Waals surface area contributed by atoms with Crippen LogP contribution in [0.3, 0.4) is 0 Å². The highest BCUT2D eigenvalue weighted by Gasteiger charge is 2.62. The lowest BCUT2D eigenvalue weighted by atomic mass is 10.1. The summed E-state index contributed by atoms with van der Waals surface area (Å²) in [6, 6.07) is 0. The van der Waals surface area contributed by atoms with Gasteiger partial charge >= 0.3 is 17.8 Å². The molecule has 0 spiro atoms. The second-order valence-corrected chi connectivity index (χ2v) is 1.92. The zero-order chi connectivity index (χ0) is 9.28. The van der Waals surface area contributed by atoms with Crippen LogP contribution in [0.2, 0.25) is 0 Å². The van der Waals surface area contributed by atoms with Gasteiger partial charge in [-0.05, 0) is 0 Å². The quantitative estimate of drug-likeness (QED) is 0.597. The minimum atomic E-state index is -5.08. The van der Waals surface area contributed by atoms with Crippen molar-refractivity contribution in [1.82, 2.24) is 0 Å². The number of alkyl halides is 4. The fourth-order valence-corrected chi connectivity index (χ4v) is 0.371. The highest BCUT2D eigenvalue weighted by molar-refractivity contribution is 5.76. The lowest BCUT2D eigenvalue weighted by Gasteiger charge is -2.19. The van der Waals surface area contributed by atoms with Gasteiger partial charge in [-0.15, -0.1) is 0 Å². The van der Waals surface area contributed by atoms with Gasteiger partial charge in [0.2, 0.25) is 0 Å². The van der Waals surface area contributed by atoms with E-state index in [1.54, 1.807) is 0 Å². The van der Waals surface area contributed by atoms with Crippen LogP contribution in [0.25, 0.3) is 0 Å². The van der Waals surface area contributed by atoms with Crippen LogP contribution in [0, 0.1) is 0 Å². The SMILES string of the molecule is CCC(F)(F)C(F)(F)C([O])=O. The maximum atomic E-state index is 12.0. The van der Waals surface area contributed by atoms with Gasteiger partial charge in [0.15, 0.2) is 0 Å². The van der Waals surface area contributed by atoms with Crippen LogP contribution >= 0.6 is 0 Å². The Morgan fingerprint density at radius 1 is 1.27 bits per heavy atom. The molecule has 65 valence electrons. The van der Waals surface area contributed by atoms with Gasteiger partial charge in [-0.1, -0.05) is 6.92 Å². The number of halogens is 4. The first-order chi connectivity index (χ1) is 4.75. The van der Waals surface area contributed by atoms with E-state index in [1.165, 1.54) is 0 Å². The summed E-state index contributed by atoms with van der Waals surface area (Å²) in [5, 5.41) is 9.49. The predicted octanol–water partition coefficient (Wildman–Crippen LogP) is 1.62. The highest BCUT2D eigenvalue weighted by atomic mass is 19.3. The van der Waals surface area contributed by atoms with E-state index in [4.69, 9.17) is 0 Å². The van der Waals surface area contributed by atoms with Gasteiger partial charge in [0.05, 0.1) is 0 Å². The molecule has 6 heteroatoms. The number of hydrogen-bond acceptors (Lipinski definition) is 1. The molecule has 0 aliphatic rings. The zero-order valence-electron chi connectivity index (χ0n) is 5.54. The summed E-state index contributed by atoms with van der Waals surface area (Å²) < 4.78 is 47.8. The predicted molar refractivity (Wildman–Crippen MR) is 25.9 cm³/mol. The number of carbonyl (C=O) groups is 1. The van der Waals surface area contributed by atoms with Crippen molar-refractivity contribution >= 4 is 5.97 Å². The van der Waals surface area contributed by atoms with Crippen molar-refractivity contribution in [2.75, 3.05) is 0 Å². The average Bonchev–Trinajstić information content (AvgIpc) is 1.87. The van der Waals surface area contributed by atoms with Crippen molar-refractivity contribution in [3.8, 4) is 0 Å². The molecule has 0 heterocycles. The molecule has 0 amide bonds. The minimum absolute atomic E-state index is 0.761. The third-order valence-electron chi connectivity index (χ3n) is 1.16. The van der Waals surface area contributed by atoms with Crippen molar-refractivity contribution in [3.05, 3.63) is 0 Å². The fraction of sp³-hybridized carbons (Fsp3) is 0.800. The average molecular weight is 173 g/mol. The van der Waals surface area contributed by atoms with Gasteiger partial charge in [0.25, 0.3) is 0 Å². The largest absolute Gasteiger partial charge is 0.430 e. The Labute approximate surface area is 59.8 Å². The molecule has 0 bridgehead atoms. The second kappa shape index (κ2) is 2.67. The maximum Gasteiger partial charge on any atom is 0.430 e. The van der Waals surface area contributed by atoms with Crippen LogP contribution in [-0.4, -0.2) is 17.8 Å². The van der Waals surface area contributed by atoms with Crippen molar-refractivity contribution in [3.63, 3.8) is 0 Å². The third kappa shape index (κ3) is 1.61. The monoisotopic (exact) mass is 173 g/mol. The summed E-state index contributed by atoms with van der Waals surface area (Å²) in [5.74, 6) is -12.7. The Balaban J connectivity index is 4.67. The van der Waals surface area contributed by atoms with Gasteiger partial charge in [0.1, 0.15) is 0 Å². The molecule has 0 saturated heterocycles. The Hall–Kier alpha value is -0.810. The third-order valence-corrected chi connectivity index (χ3v) is 1.16. The van der Waals surface area contributed by atoms with Crippen LogP contribution in [0.4, 0.5) is 17.6 Å². The molecule has 0 N–H and O–H groups in total. The molecular weight excluding hydrogens is 168 g/mol. The summed E-state index contributed by atoms with van der Waals surface area (Å²) >= 11 is 0. The number of carbonyl (C=O) groups excluding carboxylic acids is 1. The van der Waals surface area contributed by atoms with Gasteiger partial charge in [-0.3, -0.25) is 0 Å². The number of hydrogen-bond donors (Lipinski definition) is 0. The van der Waals surface area contributed by atoms with Crippen LogP contribution in [0.5, 0.6) is 0 Å². The molecule has 0 saturated carbocycles. The van der Waals surface area contributed by atoms with Crippen molar-refractivity contribution in [2.45, 2.75) is 25.2 Å². The summed E-state index contributed by atoms with van der Waals surface area (Å²) in [5.41, 5.74) is 0. The van der Waals surface area contributed by atoms with E-state index in [1.807, 2.05) is 0 Å². The lowest BCUT2D eigenvalue weighted by Crippen LogP contribution is -2.46. The van der Waals surface area contributed by atoms with Crippen LogP contribution in [0.1, 0.15) is 13.3 Å². The maximum absolute atomic E-state index is 12.0. The molecule has 11 heavy (non-hydrogen) atoms. The van der Waals surface area contributed by atoms with E-state index >= 15 is 0 Å². The first-order valence-electron chi connectivity index (χ1n) is 2.72. The Morgan fingerprint density at radius 2 is 1.64 bits per heavy atom. The molecular formula is C5H5F4O2. The molecule has 0 atom stereocenters. The van der Waals surface area contributed by atoms with Gasteiger partial charge in [-0.25, -0.2) is 9.90 Å². The molecule has 2 nitrogen and oxygen atoms in total. The molecule has 1 radical (unpaired) electrons. The summed E-state index contributed by atoms with van der Waals surface area (Å²) in [7, 11) is 0. The normalized spacial score (nSPS) is 13.2. The van der Waals surface area contributed by atoms with Crippen LogP contribution < -0.4 is 0 Å². The summed E-state index contributed by atoms with van der Waals surface area (Å²) in [6.45, 7) is 0.761. The molecule has 0 aromatic rings. The topological polar surface area (TPSA) is 37.0 Å². The van der Waals surface area contributed by atoms with Gasteiger partial charge in [-0.2, -0.15) is 17.6 Å². The van der Waals surface area contributed by atoms with Crippen molar-refractivity contribution in [1.29, 1.82) is 0 Å². The molecule has 0 aromatic heterocycles. The number of rotatable bonds is 3. The zero-order valence-corrected chi connectivity index (χ0v) is 5.54.